The number of piperazine rings is 1. The van der Waals surface area contributed by atoms with Crippen molar-refractivity contribution in [1.82, 2.24) is 39.5 Å². The Balaban J connectivity index is 0.712. The minimum atomic E-state index is -2.85. The van der Waals surface area contributed by atoms with Crippen LogP contribution in [0.4, 0.5) is 20.3 Å². The second-order valence-electron chi connectivity index (χ2n) is 17.1. The third kappa shape index (κ3) is 7.97. The van der Waals surface area contributed by atoms with Gasteiger partial charge in [-0.15, -0.1) is 0 Å². The number of fused-ring (bicyclic) bond motifs is 4. The number of aromatic nitrogens is 5. The van der Waals surface area contributed by atoms with Crippen molar-refractivity contribution in [3.8, 4) is 11.8 Å². The number of ether oxygens (including phenoxy) is 1. The number of amides is 3. The number of morpholine rings is 1. The molecular formula is C45H48F2N10O4. The summed E-state index contributed by atoms with van der Waals surface area (Å²) in [5.74, 6) is 6.66. The van der Waals surface area contributed by atoms with Crippen LogP contribution in [-0.2, 0) is 14.3 Å². The van der Waals surface area contributed by atoms with Gasteiger partial charge in [0.05, 0.1) is 49.1 Å². The molecule has 0 radical (unpaired) electrons. The van der Waals surface area contributed by atoms with Crippen LogP contribution in [0.1, 0.15) is 90.5 Å². The summed E-state index contributed by atoms with van der Waals surface area (Å²) >= 11 is 0. The molecule has 0 spiro atoms. The lowest BCUT2D eigenvalue weighted by Gasteiger charge is -2.37. The fourth-order valence-electron chi connectivity index (χ4n) is 9.97. The zero-order chi connectivity index (χ0) is 41.6. The molecule has 3 amide bonds. The Morgan fingerprint density at radius 3 is 2.54 bits per heavy atom. The van der Waals surface area contributed by atoms with Crippen LogP contribution in [0, 0.1) is 17.8 Å². The van der Waals surface area contributed by atoms with Crippen molar-refractivity contribution in [2.45, 2.75) is 75.5 Å². The summed E-state index contributed by atoms with van der Waals surface area (Å²) in [5, 5.41) is 15.8. The number of imide groups is 1. The number of hydrogen-bond acceptors (Lipinski definition) is 10. The normalized spacial score (nSPS) is 24.7. The molecule has 1 unspecified atom stereocenters. The third-order valence-electron chi connectivity index (χ3n) is 13.3. The highest BCUT2D eigenvalue weighted by Crippen LogP contribution is 2.37. The van der Waals surface area contributed by atoms with Crippen molar-refractivity contribution in [1.29, 1.82) is 0 Å². The van der Waals surface area contributed by atoms with E-state index in [4.69, 9.17) is 9.72 Å². The molecule has 7 heterocycles. The first-order chi connectivity index (χ1) is 29.7. The van der Waals surface area contributed by atoms with Gasteiger partial charge in [0.15, 0.2) is 11.3 Å². The van der Waals surface area contributed by atoms with Gasteiger partial charge in [-0.3, -0.25) is 29.3 Å². The van der Waals surface area contributed by atoms with Gasteiger partial charge in [-0.05, 0) is 72.9 Å². The van der Waals surface area contributed by atoms with E-state index in [9.17, 15) is 23.2 Å². The molecule has 4 saturated heterocycles. The smallest absolute Gasteiger partial charge is 0.284 e. The standard InChI is InChI=1S/C45H48F2N10O4/c46-42(47)41-38(49-45(60)37-23-48-56-17-15-39(50-43(37)56)55-25-32-22-31(55)27-61-32)26-57(52-41)30-11-9-28(10-12-30)24-54-20-18-53(19-21-54)16-3-5-29-4-1-7-34-33(29)6-2-8-35(34)36-13-14-40(58)51-44(36)59/h1-2,4,6-8,15,17,23,26,28,30-32,36,42H,9-14,16,18-22,24-25,27H2,(H,49,60)(H,51,58,59)/t28?,30?,31-,32-,36?/m1/s1. The molecule has 10 rings (SSSR count). The number of hydrogen-bond donors (Lipinski definition) is 2. The molecule has 61 heavy (non-hydrogen) atoms. The maximum atomic E-state index is 14.3. The van der Waals surface area contributed by atoms with Crippen LogP contribution in [0.25, 0.3) is 16.4 Å². The highest BCUT2D eigenvalue weighted by molar-refractivity contribution is 6.08. The summed E-state index contributed by atoms with van der Waals surface area (Å²) in [5.41, 5.74) is 1.99. The summed E-state index contributed by atoms with van der Waals surface area (Å²) in [4.78, 5) is 49.7. The molecule has 5 fully saturated rings. The Labute approximate surface area is 351 Å². The second-order valence-corrected chi connectivity index (χ2v) is 17.1. The molecule has 1 aliphatic carbocycles. The molecule has 3 atom stereocenters. The predicted octanol–water partition coefficient (Wildman–Crippen LogP) is 5.17. The maximum Gasteiger partial charge on any atom is 0.284 e. The van der Waals surface area contributed by atoms with Gasteiger partial charge in [-0.2, -0.15) is 10.2 Å². The lowest BCUT2D eigenvalue weighted by molar-refractivity contribution is -0.134. The topological polar surface area (TPSA) is 142 Å². The first kappa shape index (κ1) is 39.4. The predicted molar refractivity (Wildman–Crippen MR) is 223 cm³/mol. The number of carbonyl (C=O) groups is 3. The summed E-state index contributed by atoms with van der Waals surface area (Å²) < 4.78 is 37.5. The molecule has 2 aromatic carbocycles. The molecular weight excluding hydrogens is 783 g/mol. The Bertz CT molecular complexity index is 2550. The zero-order valence-corrected chi connectivity index (χ0v) is 33.8. The number of nitrogens with zero attached hydrogens (tertiary/aromatic N) is 8. The molecule has 5 aromatic rings. The van der Waals surface area contributed by atoms with Crippen LogP contribution in [-0.4, -0.2) is 116 Å². The summed E-state index contributed by atoms with van der Waals surface area (Å²) in [6, 6.07) is 14.1. The number of nitrogens with one attached hydrogen (secondary N) is 2. The van der Waals surface area contributed by atoms with Crippen molar-refractivity contribution in [3.05, 3.63) is 83.4 Å². The summed E-state index contributed by atoms with van der Waals surface area (Å²) in [7, 11) is 0. The third-order valence-corrected chi connectivity index (χ3v) is 13.3. The minimum Gasteiger partial charge on any atom is -0.374 e. The molecule has 14 nitrogen and oxygen atoms in total. The van der Waals surface area contributed by atoms with Gasteiger partial charge < -0.3 is 19.9 Å². The highest BCUT2D eigenvalue weighted by Gasteiger charge is 2.40. The number of anilines is 2. The van der Waals surface area contributed by atoms with Crippen LogP contribution in [0.5, 0.6) is 0 Å². The first-order valence-corrected chi connectivity index (χ1v) is 21.4. The Morgan fingerprint density at radius 2 is 1.77 bits per heavy atom. The van der Waals surface area contributed by atoms with E-state index in [1.54, 1.807) is 17.1 Å². The van der Waals surface area contributed by atoms with E-state index < -0.39 is 18.0 Å². The largest absolute Gasteiger partial charge is 0.374 e. The number of carbonyl (C=O) groups excluding carboxylic acids is 3. The maximum absolute atomic E-state index is 14.3. The fourth-order valence-corrected chi connectivity index (χ4v) is 9.97. The number of rotatable bonds is 9. The Hall–Kier alpha value is -5.76. The quantitative estimate of drug-likeness (QED) is 0.151. The average molecular weight is 831 g/mol. The van der Waals surface area contributed by atoms with E-state index in [0.717, 1.165) is 99.1 Å². The Morgan fingerprint density at radius 1 is 0.967 bits per heavy atom. The average Bonchev–Trinajstić information content (AvgIpc) is 4.09. The van der Waals surface area contributed by atoms with Gasteiger partial charge in [0.25, 0.3) is 12.3 Å². The van der Waals surface area contributed by atoms with Gasteiger partial charge in [-0.1, -0.05) is 42.2 Å². The lowest BCUT2D eigenvalue weighted by atomic mass is 9.85. The van der Waals surface area contributed by atoms with Crippen molar-refractivity contribution in [2.75, 3.05) is 62.6 Å². The van der Waals surface area contributed by atoms with Crippen LogP contribution < -0.4 is 15.5 Å². The lowest BCUT2D eigenvalue weighted by Crippen LogP contribution is -2.48. The summed E-state index contributed by atoms with van der Waals surface area (Å²) in [6.07, 6.45) is 7.46. The number of halogens is 2. The van der Waals surface area contributed by atoms with E-state index in [2.05, 4.69) is 47.4 Å². The monoisotopic (exact) mass is 830 g/mol. The number of benzene rings is 2. The van der Waals surface area contributed by atoms with Crippen LogP contribution in [0.15, 0.2) is 61.1 Å². The SMILES string of the molecule is O=C1CCC(c2cccc3c(C#CCN4CCN(CC5CCC(n6cc(NC(=O)c7cnn8ccc(N9C[C@H]%10C[C@@H]9CO%10)nc78)c(C(F)F)n6)CC5)CC4)cccc23)C(=O)N1. The van der Waals surface area contributed by atoms with Crippen LogP contribution in [0.3, 0.4) is 0 Å². The second kappa shape index (κ2) is 16.6. The minimum absolute atomic E-state index is 0.00484. The van der Waals surface area contributed by atoms with Crippen LogP contribution in [0.2, 0.25) is 0 Å². The molecule has 3 aromatic heterocycles. The van der Waals surface area contributed by atoms with E-state index in [-0.39, 0.29) is 47.2 Å². The van der Waals surface area contributed by atoms with Crippen molar-refractivity contribution < 1.29 is 27.9 Å². The molecule has 2 N–H and O–H groups in total. The number of alkyl halides is 2. The molecule has 16 heteroatoms. The van der Waals surface area contributed by atoms with Gasteiger partial charge in [-0.25, -0.2) is 18.3 Å². The van der Waals surface area contributed by atoms with E-state index in [0.29, 0.717) is 37.6 Å². The zero-order valence-electron chi connectivity index (χ0n) is 33.8. The van der Waals surface area contributed by atoms with Crippen LogP contribution >= 0.6 is 0 Å². The van der Waals surface area contributed by atoms with Gasteiger partial charge in [0.2, 0.25) is 11.8 Å². The van der Waals surface area contributed by atoms with E-state index in [1.165, 1.54) is 10.7 Å². The first-order valence-electron chi connectivity index (χ1n) is 21.4. The Kier molecular flexibility index (Phi) is 10.7. The van der Waals surface area contributed by atoms with Gasteiger partial charge >= 0.3 is 0 Å². The van der Waals surface area contributed by atoms with E-state index >= 15 is 0 Å². The molecule has 316 valence electrons. The van der Waals surface area contributed by atoms with Gasteiger partial charge in [0.1, 0.15) is 11.4 Å². The fraction of sp³-hybridized carbons (Fsp3) is 0.467. The van der Waals surface area contributed by atoms with Crippen molar-refractivity contribution in [3.63, 3.8) is 0 Å². The van der Waals surface area contributed by atoms with E-state index in [1.807, 2.05) is 42.5 Å². The van der Waals surface area contributed by atoms with Crippen molar-refractivity contribution >= 4 is 45.6 Å². The van der Waals surface area contributed by atoms with Gasteiger partial charge in [0, 0.05) is 63.6 Å². The number of piperidine rings is 1. The molecule has 2 bridgehead atoms. The molecule has 5 aliphatic rings. The molecule has 1 saturated carbocycles. The highest BCUT2D eigenvalue weighted by atomic mass is 19.3. The summed E-state index contributed by atoms with van der Waals surface area (Å²) in [6.45, 7) is 6.84. The molecule has 4 aliphatic heterocycles. The van der Waals surface area contributed by atoms with Crippen molar-refractivity contribution in [2.24, 2.45) is 5.92 Å².